The third-order valence-electron chi connectivity index (χ3n) is 5.19. The largest absolute Gasteiger partial charge is 0.468 e. The van der Waals surface area contributed by atoms with Crippen LogP contribution in [0.4, 0.5) is 0 Å². The molecule has 2 atom stereocenters. The quantitative estimate of drug-likeness (QED) is 0.935. The van der Waals surface area contributed by atoms with E-state index >= 15 is 0 Å². The van der Waals surface area contributed by atoms with Crippen LogP contribution in [0.15, 0.2) is 29.1 Å². The van der Waals surface area contributed by atoms with Crippen molar-refractivity contribution in [2.75, 3.05) is 13.1 Å². The molecule has 1 saturated carbocycles. The molecule has 6 heteroatoms. The fraction of sp³-hybridized carbons (Fsp3) is 0.556. The summed E-state index contributed by atoms with van der Waals surface area (Å²) in [5, 5.41) is 10.7. The number of likely N-dealkylation sites (tertiary alicyclic amines) is 1. The Morgan fingerprint density at radius 2 is 2.25 bits per heavy atom. The smallest absolute Gasteiger partial charge is 0.257 e. The van der Waals surface area contributed by atoms with E-state index in [0.29, 0.717) is 23.9 Å². The van der Waals surface area contributed by atoms with E-state index in [1.807, 2.05) is 22.7 Å². The second kappa shape index (κ2) is 6.09. The second-order valence-electron chi connectivity index (χ2n) is 6.97. The number of furan rings is 1. The number of aliphatic hydroxyl groups is 1. The minimum atomic E-state index is -0.646. The van der Waals surface area contributed by atoms with Gasteiger partial charge in [0, 0.05) is 44.4 Å². The van der Waals surface area contributed by atoms with E-state index in [2.05, 4.69) is 4.98 Å². The van der Waals surface area contributed by atoms with Crippen LogP contribution < -0.4 is 0 Å². The summed E-state index contributed by atoms with van der Waals surface area (Å²) in [4.78, 5) is 19.0. The molecule has 0 spiro atoms. The van der Waals surface area contributed by atoms with Crippen LogP contribution in [-0.2, 0) is 7.05 Å². The van der Waals surface area contributed by atoms with Crippen LogP contribution in [0.2, 0.25) is 0 Å². The molecular weight excluding hydrogens is 306 g/mol. The first-order valence-electron chi connectivity index (χ1n) is 8.67. The van der Waals surface area contributed by atoms with Crippen LogP contribution in [-0.4, -0.2) is 38.6 Å². The Morgan fingerprint density at radius 1 is 1.42 bits per heavy atom. The lowest BCUT2D eigenvalue weighted by Crippen LogP contribution is -2.42. The molecule has 2 aromatic heterocycles. The molecule has 0 aromatic carbocycles. The van der Waals surface area contributed by atoms with Gasteiger partial charge in [-0.15, -0.1) is 0 Å². The van der Waals surface area contributed by atoms with Crippen molar-refractivity contribution in [3.8, 4) is 0 Å². The van der Waals surface area contributed by atoms with E-state index in [9.17, 15) is 9.90 Å². The fourth-order valence-electron chi connectivity index (χ4n) is 3.65. The summed E-state index contributed by atoms with van der Waals surface area (Å²) in [5.41, 5.74) is 0.699. The highest BCUT2D eigenvalue weighted by Crippen LogP contribution is 2.42. The van der Waals surface area contributed by atoms with Gasteiger partial charge in [0.05, 0.1) is 11.8 Å². The number of carbonyl (C=O) groups excluding carboxylic acids is 1. The molecule has 2 aromatic rings. The van der Waals surface area contributed by atoms with Crippen molar-refractivity contribution >= 4 is 5.91 Å². The lowest BCUT2D eigenvalue weighted by molar-refractivity contribution is 0.0357. The normalized spacial score (nSPS) is 22.6. The van der Waals surface area contributed by atoms with Crippen molar-refractivity contribution < 1.29 is 14.3 Å². The molecule has 2 fully saturated rings. The van der Waals surface area contributed by atoms with E-state index in [1.54, 1.807) is 18.5 Å². The van der Waals surface area contributed by atoms with E-state index in [0.717, 1.165) is 38.0 Å². The van der Waals surface area contributed by atoms with Gasteiger partial charge in [-0.25, -0.2) is 4.98 Å². The summed E-state index contributed by atoms with van der Waals surface area (Å²) in [7, 11) is 1.88. The molecule has 128 valence electrons. The number of amides is 1. The van der Waals surface area contributed by atoms with Gasteiger partial charge in [0.15, 0.2) is 0 Å². The van der Waals surface area contributed by atoms with Gasteiger partial charge in [0.1, 0.15) is 17.7 Å². The van der Waals surface area contributed by atoms with Crippen LogP contribution in [0.5, 0.6) is 0 Å². The zero-order valence-electron chi connectivity index (χ0n) is 13.9. The van der Waals surface area contributed by atoms with Crippen molar-refractivity contribution in [3.05, 3.63) is 41.9 Å². The zero-order chi connectivity index (χ0) is 16.7. The predicted molar refractivity (Wildman–Crippen MR) is 87.5 cm³/mol. The molecule has 0 unspecified atom stereocenters. The Hall–Kier alpha value is -2.08. The molecule has 1 N–H and O–H groups in total. The minimum Gasteiger partial charge on any atom is -0.468 e. The van der Waals surface area contributed by atoms with Gasteiger partial charge in [0.25, 0.3) is 5.91 Å². The van der Waals surface area contributed by atoms with Gasteiger partial charge < -0.3 is 19.0 Å². The van der Waals surface area contributed by atoms with Gasteiger partial charge in [-0.2, -0.15) is 0 Å². The Morgan fingerprint density at radius 3 is 2.96 bits per heavy atom. The molecule has 1 saturated heterocycles. The molecule has 0 radical (unpaired) electrons. The zero-order valence-corrected chi connectivity index (χ0v) is 13.9. The van der Waals surface area contributed by atoms with Crippen molar-refractivity contribution in [2.24, 2.45) is 13.0 Å². The Labute approximate surface area is 141 Å². The van der Waals surface area contributed by atoms with E-state index in [1.165, 1.54) is 0 Å². The molecule has 1 aliphatic carbocycles. The summed E-state index contributed by atoms with van der Waals surface area (Å²) < 4.78 is 7.38. The van der Waals surface area contributed by atoms with Crippen molar-refractivity contribution in [2.45, 2.75) is 37.7 Å². The first-order valence-corrected chi connectivity index (χ1v) is 8.67. The van der Waals surface area contributed by atoms with Crippen molar-refractivity contribution in [1.29, 1.82) is 0 Å². The molecule has 4 rings (SSSR count). The highest BCUT2D eigenvalue weighted by atomic mass is 16.3. The minimum absolute atomic E-state index is 0.0140. The maximum atomic E-state index is 12.9. The number of hydrogen-bond donors (Lipinski definition) is 1. The predicted octanol–water partition coefficient (Wildman–Crippen LogP) is 2.48. The number of aliphatic hydroxyl groups excluding tert-OH is 1. The first kappa shape index (κ1) is 15.4. The lowest BCUT2D eigenvalue weighted by atomic mass is 9.91. The SMILES string of the molecule is Cn1ccnc1[C@@H](O)[C@@H]1CCCN(C(=O)c2ccoc2C2CC2)C1. The number of hydrogen-bond acceptors (Lipinski definition) is 4. The Bertz CT molecular complexity index is 731. The van der Waals surface area contributed by atoms with E-state index < -0.39 is 6.10 Å². The monoisotopic (exact) mass is 329 g/mol. The van der Waals surface area contributed by atoms with E-state index in [4.69, 9.17) is 4.42 Å². The topological polar surface area (TPSA) is 71.5 Å². The maximum Gasteiger partial charge on any atom is 0.257 e. The van der Waals surface area contributed by atoms with Crippen LogP contribution in [0, 0.1) is 5.92 Å². The van der Waals surface area contributed by atoms with Gasteiger partial charge in [-0.1, -0.05) is 0 Å². The van der Waals surface area contributed by atoms with Gasteiger partial charge in [-0.3, -0.25) is 4.79 Å². The number of aryl methyl sites for hydroxylation is 1. The summed E-state index contributed by atoms with van der Waals surface area (Å²) in [6.07, 6.45) is 8.50. The van der Waals surface area contributed by atoms with Gasteiger partial charge in [0.2, 0.25) is 0 Å². The highest BCUT2D eigenvalue weighted by Gasteiger charge is 2.35. The molecule has 1 aliphatic heterocycles. The number of aromatic nitrogens is 2. The van der Waals surface area contributed by atoms with E-state index in [-0.39, 0.29) is 11.8 Å². The standard InChI is InChI=1S/C18H23N3O3/c1-20-9-7-19-17(20)15(22)13-3-2-8-21(11-13)18(23)14-6-10-24-16(14)12-4-5-12/h6-7,9-10,12-13,15,22H,2-5,8,11H2,1H3/t13-,15+/m1/s1. The van der Waals surface area contributed by atoms with Crippen molar-refractivity contribution in [3.63, 3.8) is 0 Å². The Kier molecular flexibility index (Phi) is 3.92. The first-order chi connectivity index (χ1) is 11.6. The molecule has 3 heterocycles. The third kappa shape index (κ3) is 2.75. The lowest BCUT2D eigenvalue weighted by Gasteiger charge is -2.34. The summed E-state index contributed by atoms with van der Waals surface area (Å²) in [6.45, 7) is 1.29. The van der Waals surface area contributed by atoms with Crippen LogP contribution in [0.3, 0.4) is 0 Å². The molecule has 0 bridgehead atoms. The summed E-state index contributed by atoms with van der Waals surface area (Å²) in [6, 6.07) is 1.79. The van der Waals surface area contributed by atoms with Crippen LogP contribution >= 0.6 is 0 Å². The number of rotatable bonds is 4. The second-order valence-corrected chi connectivity index (χ2v) is 6.97. The third-order valence-corrected chi connectivity index (χ3v) is 5.19. The number of piperidine rings is 1. The Balaban J connectivity index is 1.49. The average molecular weight is 329 g/mol. The average Bonchev–Trinajstić information content (AvgIpc) is 3.17. The number of nitrogens with zero attached hydrogens (tertiary/aromatic N) is 3. The van der Waals surface area contributed by atoms with Gasteiger partial charge in [-0.05, 0) is 31.7 Å². The summed E-state index contributed by atoms with van der Waals surface area (Å²) >= 11 is 0. The fourth-order valence-corrected chi connectivity index (χ4v) is 3.65. The molecule has 24 heavy (non-hydrogen) atoms. The molecule has 2 aliphatic rings. The number of carbonyl (C=O) groups is 1. The molecular formula is C18H23N3O3. The summed E-state index contributed by atoms with van der Waals surface area (Å²) in [5.74, 6) is 1.96. The number of imidazole rings is 1. The molecule has 6 nitrogen and oxygen atoms in total. The molecule has 1 amide bonds. The highest BCUT2D eigenvalue weighted by molar-refractivity contribution is 5.95. The van der Waals surface area contributed by atoms with Gasteiger partial charge >= 0.3 is 0 Å². The maximum absolute atomic E-state index is 12.9. The van der Waals surface area contributed by atoms with Crippen LogP contribution in [0.1, 0.15) is 59.6 Å². The van der Waals surface area contributed by atoms with Crippen LogP contribution in [0.25, 0.3) is 0 Å². The van der Waals surface area contributed by atoms with Crippen molar-refractivity contribution in [1.82, 2.24) is 14.5 Å².